The Morgan fingerprint density at radius 3 is 2.58 bits per heavy atom. The number of hydrogen-bond acceptors (Lipinski definition) is 6. The van der Waals surface area contributed by atoms with Gasteiger partial charge in [-0.05, 0) is 55.0 Å². The lowest BCUT2D eigenvalue weighted by Gasteiger charge is -2.09. The fourth-order valence-electron chi connectivity index (χ4n) is 2.85. The minimum Gasteiger partial charge on any atom is -0.460 e. The number of nitrogens with one attached hydrogen (secondary N) is 2. The van der Waals surface area contributed by atoms with Crippen molar-refractivity contribution in [2.45, 2.75) is 6.92 Å². The van der Waals surface area contributed by atoms with Crippen molar-refractivity contribution in [1.82, 2.24) is 10.7 Å². The summed E-state index contributed by atoms with van der Waals surface area (Å²) >= 11 is 0. The topological polar surface area (TPSA) is 102 Å². The van der Waals surface area contributed by atoms with Crippen molar-refractivity contribution in [3.63, 3.8) is 0 Å². The molecule has 8 heteroatoms. The summed E-state index contributed by atoms with van der Waals surface area (Å²) in [5, 5.41) is 6.54. The van der Waals surface area contributed by atoms with E-state index in [1.54, 1.807) is 67.6 Å². The summed E-state index contributed by atoms with van der Waals surface area (Å²) in [7, 11) is 0. The highest BCUT2D eigenvalue weighted by molar-refractivity contribution is 6.05. The lowest BCUT2D eigenvalue weighted by molar-refractivity contribution is -0.117. The van der Waals surface area contributed by atoms with Gasteiger partial charge in [0.1, 0.15) is 17.2 Å². The first-order valence-corrected chi connectivity index (χ1v) is 9.46. The predicted molar refractivity (Wildman–Crippen MR) is 114 cm³/mol. The maximum Gasteiger partial charge on any atom is 0.287 e. The van der Waals surface area contributed by atoms with E-state index in [-0.39, 0.29) is 12.5 Å². The number of amides is 2. The average molecular weight is 417 g/mol. The summed E-state index contributed by atoms with van der Waals surface area (Å²) in [6.45, 7) is 1.95. The molecule has 1 aliphatic rings. The van der Waals surface area contributed by atoms with Gasteiger partial charge in [-0.3, -0.25) is 9.59 Å². The number of aryl methyl sites for hydroxylation is 1. The van der Waals surface area contributed by atoms with Crippen LogP contribution in [0.2, 0.25) is 0 Å². The smallest absolute Gasteiger partial charge is 0.287 e. The molecule has 2 N–H and O–H groups in total. The van der Waals surface area contributed by atoms with Crippen molar-refractivity contribution in [3.05, 3.63) is 89.0 Å². The maximum absolute atomic E-state index is 12.7. The van der Waals surface area contributed by atoms with Gasteiger partial charge in [0.05, 0.1) is 6.21 Å². The Morgan fingerprint density at radius 1 is 1.00 bits per heavy atom. The Hall–Kier alpha value is -4.33. The van der Waals surface area contributed by atoms with Crippen LogP contribution in [0.15, 0.2) is 75.9 Å². The van der Waals surface area contributed by atoms with E-state index in [0.717, 1.165) is 5.76 Å². The summed E-state index contributed by atoms with van der Waals surface area (Å²) in [5.74, 6) is 1.39. The molecule has 0 saturated heterocycles. The molecule has 156 valence electrons. The Morgan fingerprint density at radius 2 is 1.81 bits per heavy atom. The second-order valence-electron chi connectivity index (χ2n) is 6.64. The Labute approximate surface area is 178 Å². The van der Waals surface area contributed by atoms with Gasteiger partial charge in [-0.1, -0.05) is 24.3 Å². The molecule has 0 aliphatic carbocycles. The van der Waals surface area contributed by atoms with Crippen LogP contribution in [0.4, 0.5) is 0 Å². The largest absolute Gasteiger partial charge is 0.460 e. The minimum absolute atomic E-state index is 0.0143. The molecule has 0 fully saturated rings. The molecule has 0 spiro atoms. The molecular weight excluding hydrogens is 398 g/mol. The van der Waals surface area contributed by atoms with Gasteiger partial charge < -0.3 is 19.2 Å². The molecule has 4 rings (SSSR count). The van der Waals surface area contributed by atoms with Crippen molar-refractivity contribution in [3.8, 4) is 11.5 Å². The molecule has 1 aromatic heterocycles. The second kappa shape index (κ2) is 9.00. The molecule has 0 unspecified atom stereocenters. The Balaban J connectivity index is 1.56. The fraction of sp³-hybridized carbons (Fsp3) is 0.0870. The van der Waals surface area contributed by atoms with Crippen LogP contribution in [0.25, 0.3) is 6.08 Å². The van der Waals surface area contributed by atoms with Gasteiger partial charge in [0.2, 0.25) is 6.79 Å². The first-order chi connectivity index (χ1) is 15.1. The summed E-state index contributed by atoms with van der Waals surface area (Å²) in [6, 6.07) is 17.3. The van der Waals surface area contributed by atoms with Crippen molar-refractivity contribution in [2.24, 2.45) is 5.10 Å². The summed E-state index contributed by atoms with van der Waals surface area (Å²) in [5.41, 5.74) is 3.48. The van der Waals surface area contributed by atoms with Crippen molar-refractivity contribution >= 4 is 24.1 Å². The van der Waals surface area contributed by atoms with Crippen LogP contribution in [-0.4, -0.2) is 24.8 Å². The van der Waals surface area contributed by atoms with E-state index in [2.05, 4.69) is 15.8 Å². The standard InChI is InChI=1S/C23H19N3O5/c1-15-7-9-18(31-15)13-24-26-23(28)19(25-22(27)17-5-3-2-4-6-17)11-16-8-10-20-21(12-16)30-14-29-20/h2-13H,14H2,1H3,(H,25,27)(H,26,28)/b19-11+,24-13+. The molecule has 8 nitrogen and oxygen atoms in total. The first kappa shape index (κ1) is 20.0. The monoisotopic (exact) mass is 417 g/mol. The van der Waals surface area contributed by atoms with Crippen molar-refractivity contribution < 1.29 is 23.5 Å². The van der Waals surface area contributed by atoms with Gasteiger partial charge >= 0.3 is 0 Å². The van der Waals surface area contributed by atoms with E-state index in [1.165, 1.54) is 12.3 Å². The van der Waals surface area contributed by atoms with E-state index in [0.29, 0.717) is 28.4 Å². The van der Waals surface area contributed by atoms with Gasteiger partial charge in [0, 0.05) is 5.56 Å². The number of hydrazone groups is 1. The zero-order valence-corrected chi connectivity index (χ0v) is 16.6. The molecular formula is C23H19N3O5. The molecule has 1 aliphatic heterocycles. The zero-order chi connectivity index (χ0) is 21.6. The molecule has 2 amide bonds. The van der Waals surface area contributed by atoms with Gasteiger partial charge in [0.25, 0.3) is 11.8 Å². The number of ether oxygens (including phenoxy) is 2. The number of fused-ring (bicyclic) bond motifs is 1. The van der Waals surface area contributed by atoms with E-state index in [9.17, 15) is 9.59 Å². The van der Waals surface area contributed by atoms with E-state index >= 15 is 0 Å². The van der Waals surface area contributed by atoms with Crippen LogP contribution in [0.1, 0.15) is 27.4 Å². The summed E-state index contributed by atoms with van der Waals surface area (Å²) in [6.07, 6.45) is 2.91. The number of furan rings is 1. The number of carbonyl (C=O) groups excluding carboxylic acids is 2. The van der Waals surface area contributed by atoms with Gasteiger partial charge in [-0.15, -0.1) is 0 Å². The highest BCUT2D eigenvalue weighted by Crippen LogP contribution is 2.33. The number of hydrogen-bond donors (Lipinski definition) is 2. The van der Waals surface area contributed by atoms with E-state index in [4.69, 9.17) is 13.9 Å². The fourth-order valence-corrected chi connectivity index (χ4v) is 2.85. The van der Waals surface area contributed by atoms with Crippen molar-refractivity contribution in [1.29, 1.82) is 0 Å². The zero-order valence-electron chi connectivity index (χ0n) is 16.6. The lowest BCUT2D eigenvalue weighted by Crippen LogP contribution is -2.32. The van der Waals surface area contributed by atoms with Gasteiger partial charge in [-0.25, -0.2) is 5.43 Å². The minimum atomic E-state index is -0.596. The molecule has 0 radical (unpaired) electrons. The third-order valence-electron chi connectivity index (χ3n) is 4.36. The van der Waals surface area contributed by atoms with Crippen LogP contribution in [0.5, 0.6) is 11.5 Å². The SMILES string of the molecule is Cc1ccc(/C=N/NC(=O)/C(=C\c2ccc3c(c2)OCO3)NC(=O)c2ccccc2)o1. The highest BCUT2D eigenvalue weighted by Gasteiger charge is 2.16. The molecule has 0 bridgehead atoms. The van der Waals surface area contributed by atoms with Crippen LogP contribution < -0.4 is 20.2 Å². The van der Waals surface area contributed by atoms with E-state index < -0.39 is 11.8 Å². The van der Waals surface area contributed by atoms with E-state index in [1.807, 2.05) is 0 Å². The highest BCUT2D eigenvalue weighted by atomic mass is 16.7. The van der Waals surface area contributed by atoms with Gasteiger partial charge in [-0.2, -0.15) is 5.10 Å². The number of carbonyl (C=O) groups is 2. The maximum atomic E-state index is 12.7. The number of benzene rings is 2. The number of nitrogens with zero attached hydrogens (tertiary/aromatic N) is 1. The molecule has 2 heterocycles. The Bertz CT molecular complexity index is 1160. The Kier molecular flexibility index (Phi) is 5.79. The number of rotatable bonds is 6. The third-order valence-corrected chi connectivity index (χ3v) is 4.36. The molecule has 3 aromatic rings. The van der Waals surface area contributed by atoms with Crippen LogP contribution >= 0.6 is 0 Å². The first-order valence-electron chi connectivity index (χ1n) is 9.46. The van der Waals surface area contributed by atoms with Crippen LogP contribution in [-0.2, 0) is 4.79 Å². The molecule has 0 saturated carbocycles. The molecule has 0 atom stereocenters. The molecule has 2 aromatic carbocycles. The average Bonchev–Trinajstić information content (AvgIpc) is 3.42. The summed E-state index contributed by atoms with van der Waals surface area (Å²) in [4.78, 5) is 25.4. The van der Waals surface area contributed by atoms with Crippen LogP contribution in [0.3, 0.4) is 0 Å². The lowest BCUT2D eigenvalue weighted by atomic mass is 10.1. The summed E-state index contributed by atoms with van der Waals surface area (Å²) < 4.78 is 16.1. The van der Waals surface area contributed by atoms with Gasteiger partial charge in [0.15, 0.2) is 11.5 Å². The van der Waals surface area contributed by atoms with Crippen molar-refractivity contribution in [2.75, 3.05) is 6.79 Å². The normalized spacial score (nSPS) is 12.7. The predicted octanol–water partition coefficient (Wildman–Crippen LogP) is 3.24. The third kappa shape index (κ3) is 4.99. The quantitative estimate of drug-likeness (QED) is 0.364. The second-order valence-corrected chi connectivity index (χ2v) is 6.64. The van der Waals surface area contributed by atoms with Crippen LogP contribution in [0, 0.1) is 6.92 Å². The molecule has 31 heavy (non-hydrogen) atoms.